The topological polar surface area (TPSA) is 53.0 Å². The van der Waals surface area contributed by atoms with Gasteiger partial charge in [0, 0.05) is 51.0 Å². The number of piperazine rings is 1. The SMILES string of the molecule is CCn1cc(CN2CCN(c3cccc4[nH]c(-c5ccc(C(C)(C)C)cc5)nc34)CC2)nc1C. The normalized spacial score (nSPS) is 15.4. The lowest BCUT2D eigenvalue weighted by molar-refractivity contribution is 0.247. The van der Waals surface area contributed by atoms with Crippen molar-refractivity contribution in [1.29, 1.82) is 0 Å². The maximum atomic E-state index is 5.03. The summed E-state index contributed by atoms with van der Waals surface area (Å²) in [5, 5.41) is 0. The highest BCUT2D eigenvalue weighted by atomic mass is 15.3. The fourth-order valence-electron chi connectivity index (χ4n) is 4.88. The zero-order chi connectivity index (χ0) is 23.9. The van der Waals surface area contributed by atoms with E-state index in [1.54, 1.807) is 0 Å². The largest absolute Gasteiger partial charge is 0.367 e. The Bertz CT molecular complexity index is 1270. The van der Waals surface area contributed by atoms with E-state index < -0.39 is 0 Å². The second-order valence-electron chi connectivity index (χ2n) is 10.4. The Balaban J connectivity index is 1.31. The van der Waals surface area contributed by atoms with E-state index in [0.29, 0.717) is 0 Å². The molecular formula is C28H36N6. The molecule has 2 aromatic carbocycles. The van der Waals surface area contributed by atoms with E-state index in [0.717, 1.165) is 67.5 Å². The predicted octanol–water partition coefficient (Wildman–Crippen LogP) is 5.37. The van der Waals surface area contributed by atoms with E-state index >= 15 is 0 Å². The van der Waals surface area contributed by atoms with Gasteiger partial charge >= 0.3 is 0 Å². The Hall–Kier alpha value is -3.12. The summed E-state index contributed by atoms with van der Waals surface area (Å²) in [5.41, 5.74) is 7.15. The molecule has 3 heterocycles. The van der Waals surface area contributed by atoms with Gasteiger partial charge < -0.3 is 14.5 Å². The molecule has 2 aromatic heterocycles. The van der Waals surface area contributed by atoms with Crippen molar-refractivity contribution in [3.05, 3.63) is 65.7 Å². The van der Waals surface area contributed by atoms with E-state index in [2.05, 4.69) is 103 Å². The van der Waals surface area contributed by atoms with Crippen molar-refractivity contribution in [3.63, 3.8) is 0 Å². The van der Waals surface area contributed by atoms with Gasteiger partial charge in [0.05, 0.1) is 16.9 Å². The van der Waals surface area contributed by atoms with Crippen molar-refractivity contribution < 1.29 is 0 Å². The molecule has 0 unspecified atom stereocenters. The zero-order valence-electron chi connectivity index (χ0n) is 21.1. The number of aromatic amines is 1. The van der Waals surface area contributed by atoms with Crippen LogP contribution >= 0.6 is 0 Å². The number of aromatic nitrogens is 4. The second-order valence-corrected chi connectivity index (χ2v) is 10.4. The quantitative estimate of drug-likeness (QED) is 0.438. The molecular weight excluding hydrogens is 420 g/mol. The molecule has 5 rings (SSSR count). The molecule has 178 valence electrons. The molecule has 0 aliphatic carbocycles. The van der Waals surface area contributed by atoms with Crippen molar-refractivity contribution in [2.24, 2.45) is 0 Å². The lowest BCUT2D eigenvalue weighted by Gasteiger charge is -2.35. The lowest BCUT2D eigenvalue weighted by atomic mass is 9.87. The number of hydrogen-bond donors (Lipinski definition) is 1. The summed E-state index contributed by atoms with van der Waals surface area (Å²) in [4.78, 5) is 18.3. The summed E-state index contributed by atoms with van der Waals surface area (Å²) in [6, 6.07) is 15.3. The number of aryl methyl sites for hydroxylation is 2. The van der Waals surface area contributed by atoms with Gasteiger partial charge in [0.2, 0.25) is 0 Å². The number of benzene rings is 2. The van der Waals surface area contributed by atoms with Gasteiger partial charge in [-0.05, 0) is 37.0 Å². The van der Waals surface area contributed by atoms with E-state index in [-0.39, 0.29) is 5.41 Å². The van der Waals surface area contributed by atoms with Gasteiger partial charge in [-0.1, -0.05) is 51.1 Å². The molecule has 34 heavy (non-hydrogen) atoms. The number of hydrogen-bond acceptors (Lipinski definition) is 4. The Morgan fingerprint density at radius 2 is 1.68 bits per heavy atom. The maximum Gasteiger partial charge on any atom is 0.138 e. The second kappa shape index (κ2) is 8.91. The summed E-state index contributed by atoms with van der Waals surface area (Å²) >= 11 is 0. The van der Waals surface area contributed by atoms with Crippen LogP contribution in [0, 0.1) is 6.92 Å². The summed E-state index contributed by atoms with van der Waals surface area (Å²) in [7, 11) is 0. The molecule has 0 atom stereocenters. The first-order chi connectivity index (χ1) is 16.3. The highest BCUT2D eigenvalue weighted by Gasteiger charge is 2.21. The van der Waals surface area contributed by atoms with E-state index in [4.69, 9.17) is 9.97 Å². The van der Waals surface area contributed by atoms with Crippen LogP contribution in [0.3, 0.4) is 0 Å². The van der Waals surface area contributed by atoms with E-state index in [1.165, 1.54) is 16.9 Å². The lowest BCUT2D eigenvalue weighted by Crippen LogP contribution is -2.46. The standard InChI is InChI=1S/C28H36N6/c1-6-33-19-23(29-20(33)2)18-32-14-16-34(17-15-32)25-9-7-8-24-26(25)31-27(30-24)21-10-12-22(13-11-21)28(3,4)5/h7-13,19H,6,14-18H2,1-5H3,(H,30,31). The third-order valence-electron chi connectivity index (χ3n) is 6.98. The number of nitrogens with zero attached hydrogens (tertiary/aromatic N) is 5. The van der Waals surface area contributed by atoms with Crippen molar-refractivity contribution >= 4 is 16.7 Å². The van der Waals surface area contributed by atoms with Crippen LogP contribution in [0.4, 0.5) is 5.69 Å². The first-order valence-electron chi connectivity index (χ1n) is 12.4. The molecule has 1 aliphatic heterocycles. The van der Waals surface area contributed by atoms with Gasteiger partial charge in [0.1, 0.15) is 17.2 Å². The predicted molar refractivity (Wildman–Crippen MR) is 140 cm³/mol. The van der Waals surface area contributed by atoms with Crippen LogP contribution < -0.4 is 4.90 Å². The van der Waals surface area contributed by atoms with Gasteiger partial charge in [-0.3, -0.25) is 4.90 Å². The number of imidazole rings is 2. The molecule has 0 spiro atoms. The number of fused-ring (bicyclic) bond motifs is 1. The average molecular weight is 457 g/mol. The molecule has 4 aromatic rings. The first kappa shape index (κ1) is 22.7. The number of H-pyrrole nitrogens is 1. The van der Waals surface area contributed by atoms with Crippen molar-refractivity contribution in [3.8, 4) is 11.4 Å². The Morgan fingerprint density at radius 3 is 2.32 bits per heavy atom. The third kappa shape index (κ3) is 4.47. The van der Waals surface area contributed by atoms with Crippen molar-refractivity contribution in [2.75, 3.05) is 31.1 Å². The Kier molecular flexibility index (Phi) is 5.94. The summed E-state index contributed by atoms with van der Waals surface area (Å²) in [5.74, 6) is 2.04. The molecule has 0 amide bonds. The van der Waals surface area contributed by atoms with Crippen molar-refractivity contribution in [2.45, 2.75) is 53.1 Å². The molecule has 0 saturated carbocycles. The van der Waals surface area contributed by atoms with Gasteiger partial charge in [-0.2, -0.15) is 0 Å². The fourth-order valence-corrected chi connectivity index (χ4v) is 4.88. The van der Waals surface area contributed by atoms with Crippen LogP contribution in [0.15, 0.2) is 48.7 Å². The van der Waals surface area contributed by atoms with E-state index in [9.17, 15) is 0 Å². The third-order valence-corrected chi connectivity index (χ3v) is 6.98. The first-order valence-corrected chi connectivity index (χ1v) is 12.4. The minimum absolute atomic E-state index is 0.149. The van der Waals surface area contributed by atoms with Crippen LogP contribution in [0.1, 0.15) is 44.8 Å². The number of rotatable bonds is 5. The van der Waals surface area contributed by atoms with Gasteiger partial charge in [-0.25, -0.2) is 9.97 Å². The molecule has 1 aliphatic rings. The maximum absolute atomic E-state index is 5.03. The molecule has 1 N–H and O–H groups in total. The molecule has 1 saturated heterocycles. The Labute approximate surface area is 202 Å². The molecule has 6 heteroatoms. The minimum Gasteiger partial charge on any atom is -0.367 e. The summed E-state index contributed by atoms with van der Waals surface area (Å²) in [6.45, 7) is 16.9. The molecule has 1 fully saturated rings. The van der Waals surface area contributed by atoms with Crippen LogP contribution in [-0.4, -0.2) is 50.6 Å². The number of nitrogens with one attached hydrogen (secondary N) is 1. The van der Waals surface area contributed by atoms with Crippen LogP contribution in [0.25, 0.3) is 22.4 Å². The Morgan fingerprint density at radius 1 is 0.941 bits per heavy atom. The number of para-hydroxylation sites is 1. The van der Waals surface area contributed by atoms with Crippen molar-refractivity contribution in [1.82, 2.24) is 24.4 Å². The monoisotopic (exact) mass is 456 g/mol. The molecule has 0 radical (unpaired) electrons. The van der Waals surface area contributed by atoms with Gasteiger partial charge in [-0.15, -0.1) is 0 Å². The smallest absolute Gasteiger partial charge is 0.138 e. The van der Waals surface area contributed by atoms with Crippen LogP contribution in [-0.2, 0) is 18.5 Å². The minimum atomic E-state index is 0.149. The average Bonchev–Trinajstić information content (AvgIpc) is 3.42. The highest BCUT2D eigenvalue weighted by Crippen LogP contribution is 2.30. The van der Waals surface area contributed by atoms with E-state index in [1.807, 2.05) is 0 Å². The van der Waals surface area contributed by atoms with Gasteiger partial charge in [0.25, 0.3) is 0 Å². The molecule has 0 bridgehead atoms. The van der Waals surface area contributed by atoms with Crippen LogP contribution in [0.5, 0.6) is 0 Å². The fraction of sp³-hybridized carbons (Fsp3) is 0.429. The van der Waals surface area contributed by atoms with Crippen LogP contribution in [0.2, 0.25) is 0 Å². The summed E-state index contributed by atoms with van der Waals surface area (Å²) in [6.07, 6.45) is 2.20. The number of anilines is 1. The van der Waals surface area contributed by atoms with Gasteiger partial charge in [0.15, 0.2) is 0 Å². The summed E-state index contributed by atoms with van der Waals surface area (Å²) < 4.78 is 2.22. The molecule has 6 nitrogen and oxygen atoms in total. The highest BCUT2D eigenvalue weighted by molar-refractivity contribution is 5.91. The zero-order valence-corrected chi connectivity index (χ0v) is 21.1.